The third-order valence-corrected chi connectivity index (χ3v) is 3.34. The van der Waals surface area contributed by atoms with E-state index in [2.05, 4.69) is 20.2 Å². The minimum atomic E-state index is 0.601. The van der Waals surface area contributed by atoms with Crippen LogP contribution in [0.5, 0.6) is 0 Å². The fraction of sp³-hybridized carbons (Fsp3) is 0.167. The maximum absolute atomic E-state index is 4.62. The van der Waals surface area contributed by atoms with E-state index in [1.165, 1.54) is 0 Å². The van der Waals surface area contributed by atoms with Gasteiger partial charge in [-0.15, -0.1) is 5.10 Å². The molecule has 0 spiro atoms. The van der Waals surface area contributed by atoms with Gasteiger partial charge in [0.1, 0.15) is 12.2 Å². The van der Waals surface area contributed by atoms with Gasteiger partial charge in [-0.2, -0.15) is 5.10 Å². The number of hydrogen-bond donors (Lipinski definition) is 1. The van der Waals surface area contributed by atoms with Gasteiger partial charge in [0.05, 0.1) is 23.2 Å². The number of hydrogen-bond acceptors (Lipinski definition) is 3. The van der Waals surface area contributed by atoms with Crippen LogP contribution in [0.2, 0.25) is 0 Å². The maximum atomic E-state index is 4.62. The molecule has 0 saturated heterocycles. The number of fused-ring (bicyclic) bond motifs is 1. The highest BCUT2D eigenvalue weighted by atomic mass is 15.3. The van der Waals surface area contributed by atoms with E-state index in [0.29, 0.717) is 6.42 Å². The molecule has 0 bridgehead atoms. The van der Waals surface area contributed by atoms with Gasteiger partial charge in [0, 0.05) is 14.1 Å². The lowest BCUT2D eigenvalue weighted by atomic mass is 10.1. The topological polar surface area (TPSA) is 56.6 Å². The standard InChI is InChI=1S/C18H19N5/c1-23(2)13-19-22-17(14-8-4-3-5-9-14)12-18-20-15-10-6-7-11-16(15)21-18/h3-11,13H,12H2,1-2H3,(H,20,21)/b19-13-,22-17-. The highest BCUT2D eigenvalue weighted by Crippen LogP contribution is 2.13. The van der Waals surface area contributed by atoms with Crippen LogP contribution in [0.25, 0.3) is 11.0 Å². The predicted molar refractivity (Wildman–Crippen MR) is 95.0 cm³/mol. The van der Waals surface area contributed by atoms with E-state index < -0.39 is 0 Å². The van der Waals surface area contributed by atoms with Crippen molar-refractivity contribution in [3.63, 3.8) is 0 Å². The fourth-order valence-electron chi connectivity index (χ4n) is 2.27. The summed E-state index contributed by atoms with van der Waals surface area (Å²) in [4.78, 5) is 9.82. The summed E-state index contributed by atoms with van der Waals surface area (Å²) in [6.45, 7) is 0. The van der Waals surface area contributed by atoms with Crippen molar-refractivity contribution in [3.05, 3.63) is 66.0 Å². The molecule has 116 valence electrons. The predicted octanol–water partition coefficient (Wildman–Crippen LogP) is 3.10. The zero-order valence-electron chi connectivity index (χ0n) is 13.3. The molecule has 1 heterocycles. The number of nitrogens with one attached hydrogen (secondary N) is 1. The van der Waals surface area contributed by atoms with E-state index in [-0.39, 0.29) is 0 Å². The minimum absolute atomic E-state index is 0.601. The van der Waals surface area contributed by atoms with Crippen LogP contribution in [0, 0.1) is 0 Å². The lowest BCUT2D eigenvalue weighted by Crippen LogP contribution is -2.09. The zero-order valence-corrected chi connectivity index (χ0v) is 13.3. The third-order valence-electron chi connectivity index (χ3n) is 3.34. The van der Waals surface area contributed by atoms with E-state index in [1.807, 2.05) is 73.6 Å². The first kappa shape index (κ1) is 15.0. The average Bonchev–Trinajstić information content (AvgIpc) is 2.97. The van der Waals surface area contributed by atoms with Crippen molar-refractivity contribution in [1.29, 1.82) is 0 Å². The van der Waals surface area contributed by atoms with E-state index >= 15 is 0 Å². The molecule has 3 rings (SSSR count). The molecule has 5 heteroatoms. The third kappa shape index (κ3) is 3.83. The molecule has 3 aromatic rings. The first-order valence-corrected chi connectivity index (χ1v) is 7.48. The Morgan fingerprint density at radius 3 is 2.57 bits per heavy atom. The smallest absolute Gasteiger partial charge is 0.113 e. The summed E-state index contributed by atoms with van der Waals surface area (Å²) in [6.07, 6.45) is 2.28. The molecule has 0 aliphatic carbocycles. The first-order chi connectivity index (χ1) is 11.2. The lowest BCUT2D eigenvalue weighted by Gasteiger charge is -2.04. The van der Waals surface area contributed by atoms with Crippen molar-refractivity contribution in [2.45, 2.75) is 6.42 Å². The van der Waals surface area contributed by atoms with Crippen LogP contribution >= 0.6 is 0 Å². The second-order valence-corrected chi connectivity index (χ2v) is 5.48. The SMILES string of the molecule is CN(C)/C=N\N=C(\Cc1nc2ccccc2[nH]1)c1ccccc1. The summed E-state index contributed by atoms with van der Waals surface area (Å²) < 4.78 is 0. The summed E-state index contributed by atoms with van der Waals surface area (Å²) in [6, 6.07) is 18.1. The monoisotopic (exact) mass is 305 g/mol. The molecule has 2 aromatic carbocycles. The van der Waals surface area contributed by atoms with Crippen molar-refractivity contribution in [1.82, 2.24) is 14.9 Å². The normalized spacial score (nSPS) is 12.2. The largest absolute Gasteiger partial charge is 0.367 e. The van der Waals surface area contributed by atoms with Crippen LogP contribution in [-0.2, 0) is 6.42 Å². The summed E-state index contributed by atoms with van der Waals surface area (Å²) in [5, 5.41) is 8.53. The van der Waals surface area contributed by atoms with Crippen LogP contribution in [-0.4, -0.2) is 41.0 Å². The van der Waals surface area contributed by atoms with Crippen molar-refractivity contribution < 1.29 is 0 Å². The Morgan fingerprint density at radius 2 is 1.83 bits per heavy atom. The minimum Gasteiger partial charge on any atom is -0.367 e. The van der Waals surface area contributed by atoms with Crippen molar-refractivity contribution >= 4 is 23.1 Å². The van der Waals surface area contributed by atoms with E-state index in [1.54, 1.807) is 6.34 Å². The van der Waals surface area contributed by atoms with Crippen molar-refractivity contribution in [3.8, 4) is 0 Å². The summed E-state index contributed by atoms with van der Waals surface area (Å²) in [5.41, 5.74) is 3.92. The highest BCUT2D eigenvalue weighted by molar-refractivity contribution is 6.01. The van der Waals surface area contributed by atoms with Gasteiger partial charge in [0.15, 0.2) is 0 Å². The molecule has 5 nitrogen and oxygen atoms in total. The van der Waals surface area contributed by atoms with Crippen LogP contribution in [0.15, 0.2) is 64.8 Å². The number of nitrogens with zero attached hydrogens (tertiary/aromatic N) is 4. The number of benzene rings is 2. The van der Waals surface area contributed by atoms with Crippen molar-refractivity contribution in [2.24, 2.45) is 10.2 Å². The van der Waals surface area contributed by atoms with Gasteiger partial charge in [0.2, 0.25) is 0 Å². The van der Waals surface area contributed by atoms with Crippen LogP contribution in [0.1, 0.15) is 11.4 Å². The van der Waals surface area contributed by atoms with Gasteiger partial charge in [0.25, 0.3) is 0 Å². The molecule has 0 aliphatic heterocycles. The molecule has 23 heavy (non-hydrogen) atoms. The van der Waals surface area contributed by atoms with Gasteiger partial charge in [-0.3, -0.25) is 0 Å². The Kier molecular flexibility index (Phi) is 4.47. The van der Waals surface area contributed by atoms with Gasteiger partial charge in [-0.25, -0.2) is 4.98 Å². The number of imidazole rings is 1. The quantitative estimate of drug-likeness (QED) is 0.447. The second kappa shape index (κ2) is 6.87. The van der Waals surface area contributed by atoms with E-state index in [4.69, 9.17) is 0 Å². The highest BCUT2D eigenvalue weighted by Gasteiger charge is 2.09. The molecule has 0 saturated carbocycles. The Bertz CT molecular complexity index is 798. The molecular formula is C18H19N5. The molecule has 0 unspecified atom stereocenters. The molecule has 1 N–H and O–H groups in total. The number of aromatic nitrogens is 2. The molecule has 0 radical (unpaired) electrons. The van der Waals surface area contributed by atoms with E-state index in [0.717, 1.165) is 28.1 Å². The molecule has 0 aliphatic rings. The Labute approximate surface area is 135 Å². The molecule has 0 amide bonds. The van der Waals surface area contributed by atoms with Gasteiger partial charge in [-0.05, 0) is 17.7 Å². The second-order valence-electron chi connectivity index (χ2n) is 5.48. The summed E-state index contributed by atoms with van der Waals surface area (Å²) >= 11 is 0. The van der Waals surface area contributed by atoms with Crippen LogP contribution < -0.4 is 0 Å². The van der Waals surface area contributed by atoms with Gasteiger partial charge >= 0.3 is 0 Å². The molecular weight excluding hydrogens is 286 g/mol. The Balaban J connectivity index is 1.91. The van der Waals surface area contributed by atoms with Gasteiger partial charge < -0.3 is 9.88 Å². The van der Waals surface area contributed by atoms with Crippen LogP contribution in [0.3, 0.4) is 0 Å². The Hall–Kier alpha value is -2.95. The summed E-state index contributed by atoms with van der Waals surface area (Å²) in [5.74, 6) is 0.883. The average molecular weight is 305 g/mol. The number of H-pyrrole nitrogens is 1. The fourth-order valence-corrected chi connectivity index (χ4v) is 2.27. The number of para-hydroxylation sites is 2. The van der Waals surface area contributed by atoms with E-state index in [9.17, 15) is 0 Å². The molecule has 0 fully saturated rings. The molecule has 1 aromatic heterocycles. The summed E-state index contributed by atoms with van der Waals surface area (Å²) in [7, 11) is 3.83. The zero-order chi connectivity index (χ0) is 16.1. The van der Waals surface area contributed by atoms with Crippen LogP contribution in [0.4, 0.5) is 0 Å². The number of aromatic amines is 1. The van der Waals surface area contributed by atoms with Crippen molar-refractivity contribution in [2.75, 3.05) is 14.1 Å². The lowest BCUT2D eigenvalue weighted by molar-refractivity contribution is 0.640. The molecule has 0 atom stereocenters. The van der Waals surface area contributed by atoms with Gasteiger partial charge in [-0.1, -0.05) is 42.5 Å². The first-order valence-electron chi connectivity index (χ1n) is 7.48. The Morgan fingerprint density at radius 1 is 1.09 bits per heavy atom. The number of rotatable bonds is 5. The maximum Gasteiger partial charge on any atom is 0.113 e.